The lowest BCUT2D eigenvalue weighted by atomic mass is 10.1. The highest BCUT2D eigenvalue weighted by Gasteiger charge is 2.10. The highest BCUT2D eigenvalue weighted by molar-refractivity contribution is 5.43. The summed E-state index contributed by atoms with van der Waals surface area (Å²) >= 11 is 0. The lowest BCUT2D eigenvalue weighted by molar-refractivity contribution is 0.297. The molecule has 1 aromatic rings. The molecule has 1 N–H and O–H groups in total. The van der Waals surface area contributed by atoms with E-state index in [0.717, 1.165) is 50.6 Å². The second-order valence-corrected chi connectivity index (χ2v) is 3.94. The van der Waals surface area contributed by atoms with Crippen molar-refractivity contribution in [2.45, 2.75) is 19.8 Å². The summed E-state index contributed by atoms with van der Waals surface area (Å²) in [6.45, 7) is 5.65. The van der Waals surface area contributed by atoms with Crippen LogP contribution in [0.3, 0.4) is 0 Å². The molecule has 0 amide bonds. The predicted octanol–water partition coefficient (Wildman–Crippen LogP) is 2.00. The molecule has 1 heterocycles. The summed E-state index contributed by atoms with van der Waals surface area (Å²) < 4.78 is 11.2. The Morgan fingerprint density at radius 3 is 2.81 bits per heavy atom. The van der Waals surface area contributed by atoms with Crippen molar-refractivity contribution in [1.29, 1.82) is 0 Å². The molecule has 0 bridgehead atoms. The van der Waals surface area contributed by atoms with Gasteiger partial charge in [0.2, 0.25) is 0 Å². The van der Waals surface area contributed by atoms with Gasteiger partial charge in [0.25, 0.3) is 0 Å². The maximum atomic E-state index is 5.65. The van der Waals surface area contributed by atoms with Gasteiger partial charge in [-0.05, 0) is 37.2 Å². The van der Waals surface area contributed by atoms with Crippen LogP contribution < -0.4 is 14.8 Å². The zero-order valence-electron chi connectivity index (χ0n) is 9.79. The van der Waals surface area contributed by atoms with E-state index in [0.29, 0.717) is 0 Å². The van der Waals surface area contributed by atoms with Crippen molar-refractivity contribution in [3.8, 4) is 11.5 Å². The number of benzene rings is 1. The van der Waals surface area contributed by atoms with Crippen LogP contribution in [0.5, 0.6) is 11.5 Å². The fraction of sp³-hybridized carbons (Fsp3) is 0.538. The van der Waals surface area contributed by atoms with E-state index in [1.54, 1.807) is 0 Å². The molecule has 0 radical (unpaired) electrons. The highest BCUT2D eigenvalue weighted by atomic mass is 16.5. The van der Waals surface area contributed by atoms with Gasteiger partial charge in [-0.15, -0.1) is 0 Å². The standard InChI is InChI=1S/C13H19NO2/c1-2-14-7-6-11-4-5-12-13(10-11)16-9-3-8-15-12/h4-5,10,14H,2-3,6-9H2,1H3. The Bertz CT molecular complexity index is 339. The molecule has 16 heavy (non-hydrogen) atoms. The van der Waals surface area contributed by atoms with Crippen LogP contribution >= 0.6 is 0 Å². The maximum Gasteiger partial charge on any atom is 0.161 e. The number of hydrogen-bond acceptors (Lipinski definition) is 3. The van der Waals surface area contributed by atoms with E-state index in [2.05, 4.69) is 24.4 Å². The van der Waals surface area contributed by atoms with E-state index in [1.165, 1.54) is 5.56 Å². The highest BCUT2D eigenvalue weighted by Crippen LogP contribution is 2.30. The fourth-order valence-corrected chi connectivity index (χ4v) is 1.77. The van der Waals surface area contributed by atoms with Gasteiger partial charge in [0.1, 0.15) is 0 Å². The zero-order chi connectivity index (χ0) is 11.2. The monoisotopic (exact) mass is 221 g/mol. The molecule has 0 saturated heterocycles. The molecule has 3 nitrogen and oxygen atoms in total. The second kappa shape index (κ2) is 5.75. The number of fused-ring (bicyclic) bond motifs is 1. The van der Waals surface area contributed by atoms with Crippen LogP contribution in [0.4, 0.5) is 0 Å². The van der Waals surface area contributed by atoms with Crippen LogP contribution in [-0.4, -0.2) is 26.3 Å². The Labute approximate surface area is 96.8 Å². The molecule has 3 heteroatoms. The molecule has 88 valence electrons. The number of likely N-dealkylation sites (N-methyl/N-ethyl adjacent to an activating group) is 1. The zero-order valence-corrected chi connectivity index (χ0v) is 9.79. The molecule has 1 aliphatic rings. The summed E-state index contributed by atoms with van der Waals surface area (Å²) in [5.41, 5.74) is 1.30. The van der Waals surface area contributed by atoms with E-state index < -0.39 is 0 Å². The molecule has 1 aromatic carbocycles. The SMILES string of the molecule is CCNCCc1ccc2c(c1)OCCCO2. The van der Waals surface area contributed by atoms with Crippen LogP contribution in [0.1, 0.15) is 18.9 Å². The van der Waals surface area contributed by atoms with E-state index >= 15 is 0 Å². The largest absolute Gasteiger partial charge is 0.490 e. The summed E-state index contributed by atoms with van der Waals surface area (Å²) in [6, 6.07) is 6.23. The van der Waals surface area contributed by atoms with Gasteiger partial charge in [-0.3, -0.25) is 0 Å². The third kappa shape index (κ3) is 2.89. The molecule has 0 aliphatic carbocycles. The van der Waals surface area contributed by atoms with Gasteiger partial charge in [0, 0.05) is 6.42 Å². The summed E-state index contributed by atoms with van der Waals surface area (Å²) in [7, 11) is 0. The van der Waals surface area contributed by atoms with E-state index in [-0.39, 0.29) is 0 Å². The third-order valence-electron chi connectivity index (χ3n) is 2.65. The molecule has 1 aliphatic heterocycles. The topological polar surface area (TPSA) is 30.5 Å². The van der Waals surface area contributed by atoms with E-state index in [1.807, 2.05) is 6.07 Å². The van der Waals surface area contributed by atoms with Gasteiger partial charge >= 0.3 is 0 Å². The van der Waals surface area contributed by atoms with Crippen molar-refractivity contribution in [1.82, 2.24) is 5.32 Å². The van der Waals surface area contributed by atoms with Crippen LogP contribution in [-0.2, 0) is 6.42 Å². The van der Waals surface area contributed by atoms with Crippen molar-refractivity contribution in [3.05, 3.63) is 23.8 Å². The van der Waals surface area contributed by atoms with Crippen molar-refractivity contribution in [3.63, 3.8) is 0 Å². The molecular formula is C13H19NO2. The van der Waals surface area contributed by atoms with Crippen molar-refractivity contribution in [2.75, 3.05) is 26.3 Å². The van der Waals surface area contributed by atoms with Gasteiger partial charge in [0.15, 0.2) is 11.5 Å². The number of nitrogens with one attached hydrogen (secondary N) is 1. The number of ether oxygens (including phenoxy) is 2. The first kappa shape index (κ1) is 11.3. The van der Waals surface area contributed by atoms with Gasteiger partial charge in [0.05, 0.1) is 13.2 Å². The van der Waals surface area contributed by atoms with Gasteiger partial charge in [-0.2, -0.15) is 0 Å². The first-order valence-electron chi connectivity index (χ1n) is 5.99. The normalized spacial score (nSPS) is 14.6. The quantitative estimate of drug-likeness (QED) is 0.789. The minimum Gasteiger partial charge on any atom is -0.490 e. The molecule has 0 atom stereocenters. The smallest absolute Gasteiger partial charge is 0.161 e. The van der Waals surface area contributed by atoms with Crippen LogP contribution in [0.15, 0.2) is 18.2 Å². The minimum atomic E-state index is 0.754. The molecule has 0 fully saturated rings. The maximum absolute atomic E-state index is 5.65. The third-order valence-corrected chi connectivity index (χ3v) is 2.65. The fourth-order valence-electron chi connectivity index (χ4n) is 1.77. The molecule has 0 unspecified atom stereocenters. The van der Waals surface area contributed by atoms with Gasteiger partial charge < -0.3 is 14.8 Å². The van der Waals surface area contributed by atoms with Gasteiger partial charge in [-0.25, -0.2) is 0 Å². The second-order valence-electron chi connectivity index (χ2n) is 3.94. The van der Waals surface area contributed by atoms with Crippen molar-refractivity contribution < 1.29 is 9.47 Å². The molecule has 2 rings (SSSR count). The summed E-state index contributed by atoms with van der Waals surface area (Å²) in [6.07, 6.45) is 1.99. The Kier molecular flexibility index (Phi) is 4.05. The van der Waals surface area contributed by atoms with Crippen molar-refractivity contribution >= 4 is 0 Å². The first-order valence-corrected chi connectivity index (χ1v) is 5.99. The number of rotatable bonds is 4. The summed E-state index contributed by atoms with van der Waals surface area (Å²) in [4.78, 5) is 0. The average Bonchev–Trinajstić information content (AvgIpc) is 2.54. The molecule has 0 spiro atoms. The van der Waals surface area contributed by atoms with Crippen LogP contribution in [0.25, 0.3) is 0 Å². The molecular weight excluding hydrogens is 202 g/mol. The van der Waals surface area contributed by atoms with Crippen LogP contribution in [0, 0.1) is 0 Å². The van der Waals surface area contributed by atoms with Gasteiger partial charge in [-0.1, -0.05) is 13.0 Å². The minimum absolute atomic E-state index is 0.754. The average molecular weight is 221 g/mol. The number of hydrogen-bond donors (Lipinski definition) is 1. The Morgan fingerprint density at radius 1 is 1.19 bits per heavy atom. The Hall–Kier alpha value is -1.22. The summed E-state index contributed by atoms with van der Waals surface area (Å²) in [5.74, 6) is 1.77. The van der Waals surface area contributed by atoms with E-state index in [4.69, 9.17) is 9.47 Å². The van der Waals surface area contributed by atoms with E-state index in [9.17, 15) is 0 Å². The summed E-state index contributed by atoms with van der Waals surface area (Å²) in [5, 5.41) is 3.32. The van der Waals surface area contributed by atoms with Crippen LogP contribution in [0.2, 0.25) is 0 Å². The Morgan fingerprint density at radius 2 is 2.00 bits per heavy atom. The van der Waals surface area contributed by atoms with Crippen molar-refractivity contribution in [2.24, 2.45) is 0 Å². The lowest BCUT2D eigenvalue weighted by Crippen LogP contribution is -2.16. The lowest BCUT2D eigenvalue weighted by Gasteiger charge is -2.09. The predicted molar refractivity (Wildman–Crippen MR) is 64.3 cm³/mol. The molecule has 0 saturated carbocycles. The molecule has 0 aromatic heterocycles. The first-order chi connectivity index (χ1) is 7.90. The Balaban J connectivity index is 2.02.